The van der Waals surface area contributed by atoms with Crippen LogP contribution in [0, 0.1) is 9.81 Å². The van der Waals surface area contributed by atoms with E-state index < -0.39 is 0 Å². The third-order valence-electron chi connectivity index (χ3n) is 4.12. The molecule has 2 aliphatic rings. The summed E-state index contributed by atoms with van der Waals surface area (Å²) in [6.45, 7) is 1.78. The Hall–Kier alpha value is -2.76. The highest BCUT2D eigenvalue weighted by molar-refractivity contribution is 5.28. The molecule has 0 saturated carbocycles. The standard InChI is InChI=1S/C19H24N4O2/c24-20-16-18-10-4-8-14-22(18)12-6-2-1-3-7-13-23-15-9-5-11-19(23)17-21-25/h4-5,8-11,14-17H,1-3,6-7,12-13H2/b18-16+,19-17+. The van der Waals surface area contributed by atoms with E-state index >= 15 is 0 Å². The van der Waals surface area contributed by atoms with E-state index in [0.29, 0.717) is 0 Å². The summed E-state index contributed by atoms with van der Waals surface area (Å²) in [5.41, 5.74) is 1.68. The van der Waals surface area contributed by atoms with E-state index in [-0.39, 0.29) is 0 Å². The maximum absolute atomic E-state index is 10.4. The van der Waals surface area contributed by atoms with Crippen molar-refractivity contribution < 1.29 is 0 Å². The zero-order chi connectivity index (χ0) is 17.7. The number of hydrogen-bond donors (Lipinski definition) is 0. The van der Waals surface area contributed by atoms with E-state index in [9.17, 15) is 9.81 Å². The van der Waals surface area contributed by atoms with Crippen LogP contribution < -0.4 is 0 Å². The summed E-state index contributed by atoms with van der Waals surface area (Å²) in [4.78, 5) is 24.9. The second-order valence-corrected chi connectivity index (χ2v) is 5.87. The molecule has 0 N–H and O–H groups in total. The first-order valence-corrected chi connectivity index (χ1v) is 8.63. The summed E-state index contributed by atoms with van der Waals surface area (Å²) in [5, 5.41) is 5.71. The van der Waals surface area contributed by atoms with Crippen LogP contribution in [0.3, 0.4) is 0 Å². The molecular formula is C19H24N4O2. The number of hydrogen-bond acceptors (Lipinski definition) is 6. The van der Waals surface area contributed by atoms with Crippen LogP contribution in [0.4, 0.5) is 0 Å². The predicted molar refractivity (Wildman–Crippen MR) is 101 cm³/mol. The molecule has 0 aliphatic carbocycles. The van der Waals surface area contributed by atoms with Crippen molar-refractivity contribution in [3.8, 4) is 0 Å². The SMILES string of the molecule is O=N/C=C1\C=CC=CN1CCCCCCCN1C=CC=C/C1=C\N=O. The molecule has 0 aromatic carbocycles. The van der Waals surface area contributed by atoms with Gasteiger partial charge in [-0.3, -0.25) is 0 Å². The Morgan fingerprint density at radius 2 is 1.12 bits per heavy atom. The van der Waals surface area contributed by atoms with Crippen molar-refractivity contribution >= 4 is 0 Å². The monoisotopic (exact) mass is 340 g/mol. The lowest BCUT2D eigenvalue weighted by molar-refractivity contribution is 0.425. The van der Waals surface area contributed by atoms with Gasteiger partial charge in [-0.2, -0.15) is 0 Å². The van der Waals surface area contributed by atoms with Gasteiger partial charge in [0.2, 0.25) is 0 Å². The molecule has 25 heavy (non-hydrogen) atoms. The van der Waals surface area contributed by atoms with Gasteiger partial charge in [-0.05, 0) is 47.5 Å². The van der Waals surface area contributed by atoms with Crippen molar-refractivity contribution in [3.05, 3.63) is 82.5 Å². The van der Waals surface area contributed by atoms with Crippen molar-refractivity contribution in [2.75, 3.05) is 13.1 Å². The van der Waals surface area contributed by atoms with E-state index in [2.05, 4.69) is 20.2 Å². The second kappa shape index (κ2) is 10.9. The van der Waals surface area contributed by atoms with Crippen LogP contribution in [-0.4, -0.2) is 22.9 Å². The van der Waals surface area contributed by atoms with Crippen LogP contribution in [-0.2, 0) is 0 Å². The van der Waals surface area contributed by atoms with Crippen LogP contribution in [0.2, 0.25) is 0 Å². The first-order chi connectivity index (χ1) is 12.3. The fourth-order valence-corrected chi connectivity index (χ4v) is 2.82. The number of nitroso groups, excluding NO2 is 2. The van der Waals surface area contributed by atoms with Crippen LogP contribution in [0.1, 0.15) is 32.1 Å². The average molecular weight is 340 g/mol. The predicted octanol–water partition coefficient (Wildman–Crippen LogP) is 4.92. The maximum atomic E-state index is 10.4. The molecule has 0 unspecified atom stereocenters. The van der Waals surface area contributed by atoms with Gasteiger partial charge in [-0.15, -0.1) is 9.81 Å². The number of rotatable bonds is 10. The van der Waals surface area contributed by atoms with Crippen molar-refractivity contribution in [2.24, 2.45) is 10.4 Å². The number of nitrogens with zero attached hydrogens (tertiary/aromatic N) is 4. The van der Waals surface area contributed by atoms with Gasteiger partial charge in [0.1, 0.15) is 0 Å². The molecule has 0 spiro atoms. The lowest BCUT2D eigenvalue weighted by Crippen LogP contribution is -2.19. The Kier molecular flexibility index (Phi) is 8.11. The Morgan fingerprint density at radius 1 is 0.680 bits per heavy atom. The summed E-state index contributed by atoms with van der Waals surface area (Å²) >= 11 is 0. The van der Waals surface area contributed by atoms with Crippen LogP contribution in [0.5, 0.6) is 0 Å². The lowest BCUT2D eigenvalue weighted by Gasteiger charge is -2.23. The lowest BCUT2D eigenvalue weighted by atomic mass is 10.1. The molecule has 0 saturated heterocycles. The summed E-state index contributed by atoms with van der Waals surface area (Å²) < 4.78 is 0. The van der Waals surface area contributed by atoms with Gasteiger partial charge >= 0.3 is 0 Å². The van der Waals surface area contributed by atoms with E-state index in [4.69, 9.17) is 0 Å². The van der Waals surface area contributed by atoms with Gasteiger partial charge in [0.05, 0.1) is 23.8 Å². The van der Waals surface area contributed by atoms with Crippen LogP contribution >= 0.6 is 0 Å². The fourth-order valence-electron chi connectivity index (χ4n) is 2.82. The number of unbranched alkanes of at least 4 members (excludes halogenated alkanes) is 4. The molecular weight excluding hydrogens is 316 g/mol. The van der Waals surface area contributed by atoms with E-state index in [1.165, 1.54) is 12.4 Å². The molecule has 6 heteroatoms. The largest absolute Gasteiger partial charge is 0.347 e. The highest BCUT2D eigenvalue weighted by atomic mass is 16.3. The van der Waals surface area contributed by atoms with E-state index in [0.717, 1.165) is 56.6 Å². The normalized spacial score (nSPS) is 19.2. The van der Waals surface area contributed by atoms with Crippen molar-refractivity contribution in [1.82, 2.24) is 9.80 Å². The molecule has 0 aromatic heterocycles. The van der Waals surface area contributed by atoms with Crippen LogP contribution in [0.15, 0.2) is 83.0 Å². The van der Waals surface area contributed by atoms with E-state index in [1.54, 1.807) is 0 Å². The maximum Gasteiger partial charge on any atom is 0.0951 e. The first kappa shape index (κ1) is 18.6. The van der Waals surface area contributed by atoms with Gasteiger partial charge in [0, 0.05) is 25.5 Å². The molecule has 0 atom stereocenters. The summed E-state index contributed by atoms with van der Waals surface area (Å²) in [6.07, 6.45) is 23.7. The Morgan fingerprint density at radius 3 is 1.56 bits per heavy atom. The third kappa shape index (κ3) is 6.33. The molecule has 2 rings (SSSR count). The second-order valence-electron chi connectivity index (χ2n) is 5.87. The van der Waals surface area contributed by atoms with Crippen LogP contribution in [0.25, 0.3) is 0 Å². The fraction of sp³-hybridized carbons (Fsp3) is 0.368. The zero-order valence-corrected chi connectivity index (χ0v) is 14.3. The zero-order valence-electron chi connectivity index (χ0n) is 14.3. The number of allylic oxidation sites excluding steroid dienone is 6. The third-order valence-corrected chi connectivity index (χ3v) is 4.12. The molecule has 0 bridgehead atoms. The molecule has 132 valence electrons. The van der Waals surface area contributed by atoms with Gasteiger partial charge in [0.25, 0.3) is 0 Å². The van der Waals surface area contributed by atoms with Gasteiger partial charge in [-0.25, -0.2) is 0 Å². The van der Waals surface area contributed by atoms with E-state index in [1.807, 2.05) is 48.9 Å². The minimum Gasteiger partial charge on any atom is -0.347 e. The van der Waals surface area contributed by atoms with Crippen molar-refractivity contribution in [1.29, 1.82) is 0 Å². The molecule has 2 aliphatic heterocycles. The average Bonchev–Trinajstić information content (AvgIpc) is 2.64. The molecule has 6 nitrogen and oxygen atoms in total. The van der Waals surface area contributed by atoms with Crippen molar-refractivity contribution in [3.63, 3.8) is 0 Å². The Labute approximate surface area is 148 Å². The molecule has 2 heterocycles. The van der Waals surface area contributed by atoms with Gasteiger partial charge in [-0.1, -0.05) is 31.4 Å². The molecule has 0 aromatic rings. The summed E-state index contributed by atoms with van der Waals surface area (Å²) in [7, 11) is 0. The topological polar surface area (TPSA) is 65.3 Å². The smallest absolute Gasteiger partial charge is 0.0951 e. The summed E-state index contributed by atoms with van der Waals surface area (Å²) in [6, 6.07) is 0. The highest BCUT2D eigenvalue weighted by Gasteiger charge is 2.08. The quantitative estimate of drug-likeness (QED) is 0.418. The summed E-state index contributed by atoms with van der Waals surface area (Å²) in [5.74, 6) is 0. The minimum atomic E-state index is 0.838. The molecule has 0 fully saturated rings. The Bertz CT molecular complexity index is 575. The van der Waals surface area contributed by atoms with Gasteiger partial charge in [0.15, 0.2) is 0 Å². The molecule has 0 radical (unpaired) electrons. The molecule has 0 amide bonds. The Balaban J connectivity index is 1.59. The highest BCUT2D eigenvalue weighted by Crippen LogP contribution is 2.16. The minimum absolute atomic E-state index is 0.838. The van der Waals surface area contributed by atoms with Gasteiger partial charge < -0.3 is 9.80 Å². The first-order valence-electron chi connectivity index (χ1n) is 8.63. The van der Waals surface area contributed by atoms with Crippen molar-refractivity contribution in [2.45, 2.75) is 32.1 Å².